The summed E-state index contributed by atoms with van der Waals surface area (Å²) in [6, 6.07) is 0.0326. The van der Waals surface area contributed by atoms with E-state index in [9.17, 15) is 34.2 Å². The smallest absolute Gasteiger partial charge is 0.326 e. The maximum Gasteiger partial charge on any atom is 0.326 e. The predicted molar refractivity (Wildman–Crippen MR) is 133 cm³/mol. The topological polar surface area (TPSA) is 296 Å². The second-order valence-corrected chi connectivity index (χ2v) is 8.33. The zero-order chi connectivity index (χ0) is 28.8. The lowest BCUT2D eigenvalue weighted by molar-refractivity contribution is -0.142. The monoisotopic (exact) mass is 538 g/mol. The summed E-state index contributed by atoms with van der Waals surface area (Å²) in [5, 5.41) is 44.5. The number of hydrogen-bond acceptors (Lipinski definition) is 9. The molecule has 0 aliphatic rings. The minimum absolute atomic E-state index is 0.0376. The third-order valence-corrected chi connectivity index (χ3v) is 5.18. The van der Waals surface area contributed by atoms with Gasteiger partial charge >= 0.3 is 5.97 Å². The van der Waals surface area contributed by atoms with Gasteiger partial charge in [-0.2, -0.15) is 0 Å². The van der Waals surface area contributed by atoms with Crippen LogP contribution < -0.4 is 38.5 Å². The third-order valence-electron chi connectivity index (χ3n) is 5.18. The van der Waals surface area contributed by atoms with E-state index in [1.54, 1.807) is 0 Å². The zero-order valence-electron chi connectivity index (χ0n) is 20.5. The van der Waals surface area contributed by atoms with Crippen molar-refractivity contribution in [2.45, 2.75) is 49.9 Å². The van der Waals surface area contributed by atoms with E-state index in [1.165, 1.54) is 24.3 Å². The van der Waals surface area contributed by atoms with Gasteiger partial charge in [-0.3, -0.25) is 24.6 Å². The summed E-state index contributed by atoms with van der Waals surface area (Å²) < 4.78 is 0. The van der Waals surface area contributed by atoms with Gasteiger partial charge in [-0.15, -0.1) is 0 Å². The summed E-state index contributed by atoms with van der Waals surface area (Å²) in [5.74, 6) is -5.48. The minimum Gasteiger partial charge on any atom is -0.508 e. The van der Waals surface area contributed by atoms with Gasteiger partial charge in [-0.05, 0) is 30.5 Å². The Kier molecular flexibility index (Phi) is 13.0. The molecule has 0 spiro atoms. The second kappa shape index (κ2) is 15.6. The first-order chi connectivity index (χ1) is 17.8. The van der Waals surface area contributed by atoms with Crippen molar-refractivity contribution in [3.8, 4) is 5.75 Å². The van der Waals surface area contributed by atoms with Crippen molar-refractivity contribution in [1.29, 1.82) is 5.41 Å². The Morgan fingerprint density at radius 1 is 0.895 bits per heavy atom. The van der Waals surface area contributed by atoms with Crippen LogP contribution in [-0.4, -0.2) is 88.2 Å². The van der Waals surface area contributed by atoms with Crippen LogP contribution in [0.2, 0.25) is 0 Å². The second-order valence-electron chi connectivity index (χ2n) is 8.33. The molecular formula is C22H34N8O8. The van der Waals surface area contributed by atoms with Crippen LogP contribution in [0.15, 0.2) is 24.3 Å². The molecule has 4 amide bonds. The largest absolute Gasteiger partial charge is 0.508 e. The number of aliphatic hydroxyl groups excluding tert-OH is 1. The van der Waals surface area contributed by atoms with E-state index in [0.717, 1.165) is 0 Å². The fourth-order valence-corrected chi connectivity index (χ4v) is 3.18. The molecule has 16 heteroatoms. The molecular weight excluding hydrogens is 504 g/mol. The molecule has 1 aromatic carbocycles. The highest BCUT2D eigenvalue weighted by atomic mass is 16.4. The number of rotatable bonds is 16. The fourth-order valence-electron chi connectivity index (χ4n) is 3.18. The van der Waals surface area contributed by atoms with Gasteiger partial charge in [-0.25, -0.2) is 4.79 Å². The van der Waals surface area contributed by atoms with Crippen LogP contribution in [0.25, 0.3) is 0 Å². The molecule has 1 rings (SSSR count). The first kappa shape index (κ1) is 31.6. The Bertz CT molecular complexity index is 1000. The Morgan fingerprint density at radius 3 is 1.97 bits per heavy atom. The number of carboxylic acids is 1. The van der Waals surface area contributed by atoms with Gasteiger partial charge in [0.25, 0.3) is 0 Å². The predicted octanol–water partition coefficient (Wildman–Crippen LogP) is -4.07. The van der Waals surface area contributed by atoms with Gasteiger partial charge in [0.05, 0.1) is 13.0 Å². The van der Waals surface area contributed by atoms with Gasteiger partial charge in [0.1, 0.15) is 29.9 Å². The van der Waals surface area contributed by atoms with E-state index < -0.39 is 66.8 Å². The van der Waals surface area contributed by atoms with Crippen LogP contribution in [0.3, 0.4) is 0 Å². The number of benzene rings is 1. The van der Waals surface area contributed by atoms with Crippen molar-refractivity contribution in [2.24, 2.45) is 17.2 Å². The Labute approximate surface area is 217 Å². The summed E-state index contributed by atoms with van der Waals surface area (Å²) >= 11 is 0. The molecule has 0 radical (unpaired) electrons. The number of nitrogens with one attached hydrogen (secondary N) is 5. The van der Waals surface area contributed by atoms with Gasteiger partial charge in [-0.1, -0.05) is 12.1 Å². The zero-order valence-corrected chi connectivity index (χ0v) is 20.5. The fraction of sp³-hybridized carbons (Fsp3) is 0.455. The SMILES string of the molecule is N=C(N)NCCC[C@H](NC(=O)[C@H](CC(N)=O)NC(=O)[C@H](Cc1ccc(O)cc1)NC(=O)[C@@H](N)CO)C(=O)O. The van der Waals surface area contributed by atoms with E-state index in [4.69, 9.17) is 27.7 Å². The van der Waals surface area contributed by atoms with E-state index in [1.807, 2.05) is 0 Å². The Hall–Kier alpha value is -4.44. The first-order valence-electron chi connectivity index (χ1n) is 11.5. The van der Waals surface area contributed by atoms with E-state index in [0.29, 0.717) is 5.56 Å². The Morgan fingerprint density at radius 2 is 1.45 bits per heavy atom. The van der Waals surface area contributed by atoms with Gasteiger partial charge < -0.3 is 53.8 Å². The van der Waals surface area contributed by atoms with Crippen LogP contribution >= 0.6 is 0 Å². The maximum atomic E-state index is 13.1. The average Bonchev–Trinajstić information content (AvgIpc) is 2.84. The average molecular weight is 539 g/mol. The third kappa shape index (κ3) is 11.5. The number of carboxylic acid groups (broad SMARTS) is 1. The molecule has 210 valence electrons. The van der Waals surface area contributed by atoms with Crippen LogP contribution in [0, 0.1) is 5.41 Å². The van der Waals surface area contributed by atoms with Gasteiger partial charge in [0.15, 0.2) is 5.96 Å². The highest BCUT2D eigenvalue weighted by molar-refractivity contribution is 5.96. The van der Waals surface area contributed by atoms with Gasteiger partial charge in [0.2, 0.25) is 23.6 Å². The molecule has 0 unspecified atom stereocenters. The number of aliphatic hydroxyl groups is 1. The summed E-state index contributed by atoms with van der Waals surface area (Å²) in [7, 11) is 0. The minimum atomic E-state index is -1.58. The molecule has 1 aromatic rings. The van der Waals surface area contributed by atoms with E-state index in [-0.39, 0.29) is 37.5 Å². The van der Waals surface area contributed by atoms with Crippen molar-refractivity contribution in [1.82, 2.24) is 21.3 Å². The lowest BCUT2D eigenvalue weighted by atomic mass is 10.0. The van der Waals surface area contributed by atoms with E-state index >= 15 is 0 Å². The molecule has 0 bridgehead atoms. The maximum absolute atomic E-state index is 13.1. The normalized spacial score (nSPS) is 13.7. The molecule has 38 heavy (non-hydrogen) atoms. The van der Waals surface area contributed by atoms with Crippen molar-refractivity contribution in [3.05, 3.63) is 29.8 Å². The lowest BCUT2D eigenvalue weighted by Crippen LogP contribution is -2.58. The van der Waals surface area contributed by atoms with Crippen molar-refractivity contribution < 1.29 is 39.3 Å². The standard InChI is InChI=1S/C22H34N8O8/c23-13(10-31)18(34)29-15(8-11-3-5-12(32)6-4-11)19(35)30-16(9-17(24)33)20(36)28-14(21(37)38)2-1-7-27-22(25)26/h3-6,13-16,31-32H,1-2,7-10,23H2,(H2,24,33)(H,28,36)(H,29,34)(H,30,35)(H,37,38)(H4,25,26,27)/t13-,14-,15-,16-/m0/s1. The van der Waals surface area contributed by atoms with Crippen molar-refractivity contribution >= 4 is 35.6 Å². The number of hydrogen-bond donors (Lipinski definition) is 11. The number of nitrogens with two attached hydrogens (primary N) is 3. The van der Waals surface area contributed by atoms with Crippen molar-refractivity contribution in [2.75, 3.05) is 13.2 Å². The lowest BCUT2D eigenvalue weighted by Gasteiger charge is -2.24. The molecule has 0 heterocycles. The molecule has 4 atom stereocenters. The molecule has 16 nitrogen and oxygen atoms in total. The number of carbonyl (C=O) groups excluding carboxylic acids is 4. The van der Waals surface area contributed by atoms with Gasteiger partial charge in [0, 0.05) is 13.0 Å². The summed E-state index contributed by atoms with van der Waals surface area (Å²) in [6.07, 6.45) is -0.639. The highest BCUT2D eigenvalue weighted by Crippen LogP contribution is 2.12. The highest BCUT2D eigenvalue weighted by Gasteiger charge is 2.31. The van der Waals surface area contributed by atoms with Crippen molar-refractivity contribution in [3.63, 3.8) is 0 Å². The Balaban J connectivity index is 3.05. The van der Waals surface area contributed by atoms with Crippen LogP contribution in [0.4, 0.5) is 0 Å². The number of phenolic OH excluding ortho intramolecular Hbond substituents is 1. The number of aromatic hydroxyl groups is 1. The number of carbonyl (C=O) groups is 5. The molecule has 0 aliphatic carbocycles. The van der Waals surface area contributed by atoms with Crippen LogP contribution in [0.5, 0.6) is 5.75 Å². The number of guanidine groups is 1. The summed E-state index contributed by atoms with van der Waals surface area (Å²) in [4.78, 5) is 61.4. The molecule has 0 aromatic heterocycles. The summed E-state index contributed by atoms with van der Waals surface area (Å²) in [6.45, 7) is -0.532. The van der Waals surface area contributed by atoms with Crippen LogP contribution in [-0.2, 0) is 30.4 Å². The molecule has 14 N–H and O–H groups in total. The number of primary amides is 1. The molecule has 0 fully saturated rings. The quantitative estimate of drug-likeness (QED) is 0.0546. The summed E-state index contributed by atoms with van der Waals surface area (Å²) in [5.41, 5.74) is 16.4. The number of aliphatic carboxylic acids is 1. The number of phenols is 1. The molecule has 0 saturated heterocycles. The first-order valence-corrected chi connectivity index (χ1v) is 11.5. The molecule has 0 aliphatic heterocycles. The van der Waals surface area contributed by atoms with E-state index in [2.05, 4.69) is 21.3 Å². The molecule has 0 saturated carbocycles. The van der Waals surface area contributed by atoms with Crippen LogP contribution in [0.1, 0.15) is 24.8 Å². The number of amides is 4.